The third-order valence-corrected chi connectivity index (χ3v) is 6.41. The van der Waals surface area contributed by atoms with E-state index in [0.29, 0.717) is 19.6 Å². The molecule has 190 valence electrons. The Bertz CT molecular complexity index is 1180. The first-order valence-electron chi connectivity index (χ1n) is 11.0. The fourth-order valence-electron chi connectivity index (χ4n) is 3.94. The normalized spacial score (nSPS) is 18.8. The van der Waals surface area contributed by atoms with Crippen molar-refractivity contribution in [1.29, 1.82) is 0 Å². The molecule has 0 saturated carbocycles. The van der Waals surface area contributed by atoms with E-state index in [1.165, 1.54) is 24.4 Å². The molecule has 1 aromatic heterocycles. The second-order valence-corrected chi connectivity index (χ2v) is 10.9. The minimum absolute atomic E-state index is 0.0297. The van der Waals surface area contributed by atoms with Crippen LogP contribution in [0.3, 0.4) is 0 Å². The molecular weight excluding hydrogens is 499 g/mol. The van der Waals surface area contributed by atoms with Gasteiger partial charge in [0.25, 0.3) is 5.91 Å². The van der Waals surface area contributed by atoms with Crippen molar-refractivity contribution >= 4 is 33.4 Å². The first-order chi connectivity index (χ1) is 16.4. The molecule has 1 saturated heterocycles. The molecule has 0 bridgehead atoms. The Morgan fingerprint density at radius 2 is 1.89 bits per heavy atom. The molecule has 12 heteroatoms. The van der Waals surface area contributed by atoms with Crippen LogP contribution in [0.2, 0.25) is 5.02 Å². The minimum Gasteiger partial charge on any atom is -0.467 e. The topological polar surface area (TPSA) is 109 Å². The van der Waals surface area contributed by atoms with E-state index in [1.54, 1.807) is 17.0 Å². The highest BCUT2D eigenvalue weighted by molar-refractivity contribution is 7.89. The number of nitrogens with one attached hydrogen (secondary N) is 1. The SMILES string of the molecule is CC1CN(C(=O)COc2ncc(Cl)cc2CC(=O)NS(C)(=O)=O)C(C)CN1Cc1ccc(F)cc1. The molecule has 1 aliphatic rings. The lowest BCUT2D eigenvalue weighted by Gasteiger charge is -2.44. The number of benzene rings is 1. The highest BCUT2D eigenvalue weighted by Gasteiger charge is 2.32. The van der Waals surface area contributed by atoms with E-state index in [-0.39, 0.29) is 53.3 Å². The molecule has 0 spiro atoms. The number of pyridine rings is 1. The highest BCUT2D eigenvalue weighted by Crippen LogP contribution is 2.22. The van der Waals surface area contributed by atoms with Crippen molar-refractivity contribution in [3.63, 3.8) is 0 Å². The lowest BCUT2D eigenvalue weighted by molar-refractivity contribution is -0.139. The van der Waals surface area contributed by atoms with Gasteiger partial charge in [-0.25, -0.2) is 17.8 Å². The fraction of sp³-hybridized carbons (Fsp3) is 0.435. The summed E-state index contributed by atoms with van der Waals surface area (Å²) in [5, 5.41) is 0.241. The summed E-state index contributed by atoms with van der Waals surface area (Å²) in [5.41, 5.74) is 1.26. The van der Waals surface area contributed by atoms with E-state index in [9.17, 15) is 22.4 Å². The van der Waals surface area contributed by atoms with Crippen LogP contribution in [0.15, 0.2) is 36.5 Å². The second kappa shape index (κ2) is 11.3. The summed E-state index contributed by atoms with van der Waals surface area (Å²) in [4.78, 5) is 33.0. The van der Waals surface area contributed by atoms with Gasteiger partial charge in [-0.1, -0.05) is 23.7 Å². The molecule has 2 atom stereocenters. The zero-order valence-corrected chi connectivity index (χ0v) is 21.3. The molecular formula is C23H28ClFN4O5S. The van der Waals surface area contributed by atoms with E-state index in [0.717, 1.165) is 11.8 Å². The summed E-state index contributed by atoms with van der Waals surface area (Å²) in [5.74, 6) is -1.26. The third kappa shape index (κ3) is 7.87. The van der Waals surface area contributed by atoms with Crippen molar-refractivity contribution in [2.24, 2.45) is 0 Å². The number of amides is 2. The second-order valence-electron chi connectivity index (χ2n) is 8.68. The van der Waals surface area contributed by atoms with E-state index in [2.05, 4.69) is 9.88 Å². The quantitative estimate of drug-likeness (QED) is 0.560. The Kier molecular flexibility index (Phi) is 8.68. The highest BCUT2D eigenvalue weighted by atomic mass is 35.5. The average molecular weight is 527 g/mol. The number of hydrogen-bond acceptors (Lipinski definition) is 7. The summed E-state index contributed by atoms with van der Waals surface area (Å²) in [6.45, 7) is 5.45. The van der Waals surface area contributed by atoms with Crippen LogP contribution in [-0.4, -0.2) is 73.1 Å². The monoisotopic (exact) mass is 526 g/mol. The van der Waals surface area contributed by atoms with Crippen LogP contribution in [0.1, 0.15) is 25.0 Å². The first-order valence-corrected chi connectivity index (χ1v) is 13.2. The van der Waals surface area contributed by atoms with E-state index < -0.39 is 15.9 Å². The fourth-order valence-corrected chi connectivity index (χ4v) is 4.61. The summed E-state index contributed by atoms with van der Waals surface area (Å²) in [6.07, 6.45) is 1.86. The molecule has 2 amide bonds. The maximum atomic E-state index is 13.2. The number of halogens is 2. The average Bonchev–Trinajstić information content (AvgIpc) is 2.75. The van der Waals surface area contributed by atoms with Gasteiger partial charge >= 0.3 is 0 Å². The molecule has 2 aromatic rings. The van der Waals surface area contributed by atoms with E-state index in [1.807, 2.05) is 18.6 Å². The predicted molar refractivity (Wildman–Crippen MR) is 129 cm³/mol. The maximum absolute atomic E-state index is 13.2. The number of carbonyl (C=O) groups excluding carboxylic acids is 2. The summed E-state index contributed by atoms with van der Waals surface area (Å²) < 4.78 is 43.3. The third-order valence-electron chi connectivity index (χ3n) is 5.61. The molecule has 1 fully saturated rings. The van der Waals surface area contributed by atoms with Gasteiger partial charge in [-0.05, 0) is 37.6 Å². The van der Waals surface area contributed by atoms with Gasteiger partial charge in [0.05, 0.1) is 17.7 Å². The lowest BCUT2D eigenvalue weighted by atomic mass is 10.1. The molecule has 2 heterocycles. The van der Waals surface area contributed by atoms with Gasteiger partial charge < -0.3 is 9.64 Å². The van der Waals surface area contributed by atoms with Crippen LogP contribution >= 0.6 is 11.6 Å². The van der Waals surface area contributed by atoms with Crippen LogP contribution < -0.4 is 9.46 Å². The van der Waals surface area contributed by atoms with Crippen molar-refractivity contribution in [3.8, 4) is 5.88 Å². The van der Waals surface area contributed by atoms with E-state index >= 15 is 0 Å². The molecule has 1 aliphatic heterocycles. The number of sulfonamides is 1. The summed E-state index contributed by atoms with van der Waals surface area (Å²) >= 11 is 5.97. The number of nitrogens with zero attached hydrogens (tertiary/aromatic N) is 3. The molecule has 3 rings (SSSR count). The zero-order chi connectivity index (χ0) is 25.8. The minimum atomic E-state index is -3.72. The Hall–Kier alpha value is -2.76. The van der Waals surface area contributed by atoms with Gasteiger partial charge in [-0.2, -0.15) is 0 Å². The number of rotatable bonds is 8. The molecule has 2 unspecified atom stereocenters. The molecule has 0 radical (unpaired) electrons. The van der Waals surface area contributed by atoms with Crippen molar-refractivity contribution in [2.45, 2.75) is 38.9 Å². The largest absolute Gasteiger partial charge is 0.467 e. The van der Waals surface area contributed by atoms with Gasteiger partial charge in [0.1, 0.15) is 5.82 Å². The van der Waals surface area contributed by atoms with Crippen molar-refractivity contribution < 1.29 is 27.1 Å². The maximum Gasteiger partial charge on any atom is 0.260 e. The zero-order valence-electron chi connectivity index (χ0n) is 19.7. The van der Waals surface area contributed by atoms with Crippen molar-refractivity contribution in [2.75, 3.05) is 26.0 Å². The van der Waals surface area contributed by atoms with Crippen LogP contribution in [0.4, 0.5) is 4.39 Å². The Morgan fingerprint density at radius 1 is 1.20 bits per heavy atom. The van der Waals surface area contributed by atoms with Crippen LogP contribution in [0, 0.1) is 5.82 Å². The van der Waals surface area contributed by atoms with Gasteiger partial charge in [0, 0.05) is 43.5 Å². The van der Waals surface area contributed by atoms with E-state index in [4.69, 9.17) is 16.3 Å². The standard InChI is InChI=1S/C23H28ClFN4O5S/c1-15-12-29(16(2)11-28(15)13-17-4-6-20(25)7-5-17)22(31)14-34-23-18(8-19(24)10-26-23)9-21(30)27-35(3,32)33/h4-8,10,15-16H,9,11-14H2,1-3H3,(H,27,30). The predicted octanol–water partition coefficient (Wildman–Crippen LogP) is 1.99. The molecule has 35 heavy (non-hydrogen) atoms. The Morgan fingerprint density at radius 3 is 2.54 bits per heavy atom. The Balaban J connectivity index is 1.60. The number of carbonyl (C=O) groups is 2. The summed E-state index contributed by atoms with van der Waals surface area (Å²) in [6, 6.07) is 7.81. The molecule has 1 aromatic carbocycles. The smallest absolute Gasteiger partial charge is 0.260 e. The van der Waals surface area contributed by atoms with Gasteiger partial charge in [-0.3, -0.25) is 19.2 Å². The van der Waals surface area contributed by atoms with Gasteiger partial charge in [0.2, 0.25) is 21.8 Å². The Labute approximate surface area is 209 Å². The van der Waals surface area contributed by atoms with Gasteiger partial charge in [0.15, 0.2) is 6.61 Å². The van der Waals surface area contributed by atoms with Crippen molar-refractivity contribution in [3.05, 3.63) is 58.5 Å². The number of aromatic nitrogens is 1. The lowest BCUT2D eigenvalue weighted by Crippen LogP contribution is -2.58. The molecule has 9 nitrogen and oxygen atoms in total. The number of ether oxygens (including phenoxy) is 1. The number of hydrogen-bond donors (Lipinski definition) is 1. The number of piperazine rings is 1. The van der Waals surface area contributed by atoms with Crippen molar-refractivity contribution in [1.82, 2.24) is 19.5 Å². The van der Waals surface area contributed by atoms with Crippen LogP contribution in [0.25, 0.3) is 0 Å². The van der Waals surface area contributed by atoms with Crippen LogP contribution in [0.5, 0.6) is 5.88 Å². The van der Waals surface area contributed by atoms with Gasteiger partial charge in [-0.15, -0.1) is 0 Å². The van der Waals surface area contributed by atoms with Crippen LogP contribution in [-0.2, 0) is 32.6 Å². The molecule has 0 aliphatic carbocycles. The molecule has 1 N–H and O–H groups in total. The summed E-state index contributed by atoms with van der Waals surface area (Å²) in [7, 11) is -3.72. The first kappa shape index (κ1) is 26.8.